The number of hydrogen-bond acceptors (Lipinski definition) is 11. The number of hydrogen-bond donors (Lipinski definition) is 3. The number of nitrogens with one attached hydrogen (secondary N) is 3. The summed E-state index contributed by atoms with van der Waals surface area (Å²) in [5.41, 5.74) is -0.692. The van der Waals surface area contributed by atoms with Crippen LogP contribution in [0.15, 0.2) is 43.0 Å². The topological polar surface area (TPSA) is 195 Å². The van der Waals surface area contributed by atoms with Gasteiger partial charge in [-0.2, -0.15) is 0 Å². The lowest BCUT2D eigenvalue weighted by Gasteiger charge is -2.42. The Morgan fingerprint density at radius 1 is 1.07 bits per heavy atom. The number of ether oxygens (including phenoxy) is 3. The molecular weight excluding hydrogens is 729 g/mol. The number of methoxy groups -OCH3 is 1. The molecule has 7 rings (SSSR count). The first-order chi connectivity index (χ1) is 26.1. The second kappa shape index (κ2) is 14.7. The molecule has 3 aliphatic carbocycles. The third-order valence-electron chi connectivity index (χ3n) is 11.3. The van der Waals surface area contributed by atoms with E-state index in [1.807, 2.05) is 12.1 Å². The Morgan fingerprint density at radius 2 is 1.85 bits per heavy atom. The molecule has 296 valence electrons. The van der Waals surface area contributed by atoms with Crippen molar-refractivity contribution in [1.29, 1.82) is 0 Å². The van der Waals surface area contributed by atoms with Crippen molar-refractivity contribution in [3.05, 3.63) is 48.7 Å². The minimum absolute atomic E-state index is 0.000443. The molecule has 4 amide bonds. The summed E-state index contributed by atoms with van der Waals surface area (Å²) in [5.74, 6) is -1.75. The van der Waals surface area contributed by atoms with Crippen LogP contribution in [0.4, 0.5) is 4.79 Å². The number of rotatable bonds is 7. The lowest BCUT2D eigenvalue weighted by Crippen LogP contribution is -2.67. The van der Waals surface area contributed by atoms with Gasteiger partial charge in [-0.3, -0.25) is 19.1 Å². The van der Waals surface area contributed by atoms with Crippen LogP contribution in [0, 0.1) is 17.3 Å². The number of carbonyl (C=O) groups excluding carboxylic acids is 4. The molecule has 5 aliphatic rings. The quantitative estimate of drug-likeness (QED) is 0.349. The number of aryl methyl sites for hydroxylation is 1. The van der Waals surface area contributed by atoms with Crippen molar-refractivity contribution in [3.63, 3.8) is 0 Å². The fourth-order valence-electron chi connectivity index (χ4n) is 7.65. The molecule has 0 radical (unpaired) electrons. The number of alkyl carbamates (subject to hydrolysis) is 1. The summed E-state index contributed by atoms with van der Waals surface area (Å²) in [7, 11) is -2.39. The monoisotopic (exact) mass is 778 g/mol. The van der Waals surface area contributed by atoms with Gasteiger partial charge in [-0.25, -0.2) is 23.2 Å². The van der Waals surface area contributed by atoms with E-state index < -0.39 is 74.1 Å². The van der Waals surface area contributed by atoms with E-state index in [0.717, 1.165) is 32.1 Å². The third-order valence-corrected chi connectivity index (χ3v) is 13.1. The zero-order valence-electron chi connectivity index (χ0n) is 31.7. The Bertz CT molecular complexity index is 2030. The lowest BCUT2D eigenvalue weighted by molar-refractivity contribution is -0.143. The molecule has 55 heavy (non-hydrogen) atoms. The molecule has 1 saturated heterocycles. The van der Waals surface area contributed by atoms with Gasteiger partial charge in [0.05, 0.1) is 29.9 Å². The average molecular weight is 779 g/mol. The molecule has 16 heteroatoms. The Morgan fingerprint density at radius 3 is 2.53 bits per heavy atom. The van der Waals surface area contributed by atoms with E-state index in [0.29, 0.717) is 41.7 Å². The molecule has 3 N–H and O–H groups in total. The summed E-state index contributed by atoms with van der Waals surface area (Å²) in [4.78, 5) is 67.2. The number of carbonyl (C=O) groups is 4. The number of sulfonamides is 1. The van der Waals surface area contributed by atoms with E-state index in [4.69, 9.17) is 24.2 Å². The van der Waals surface area contributed by atoms with E-state index in [1.165, 1.54) is 17.1 Å². The molecule has 15 nitrogen and oxygen atoms in total. The molecule has 2 saturated carbocycles. The zero-order chi connectivity index (χ0) is 39.3. The number of fused-ring (bicyclic) bond motifs is 5. The van der Waals surface area contributed by atoms with Gasteiger partial charge in [-0.15, -0.1) is 6.58 Å². The highest BCUT2D eigenvalue weighted by atomic mass is 32.2. The van der Waals surface area contributed by atoms with Crippen LogP contribution in [0.1, 0.15) is 77.8 Å². The van der Waals surface area contributed by atoms with Gasteiger partial charge in [0.15, 0.2) is 0 Å². The SMILES string of the molecule is C=CC1C=CC1(NC(=O)C1CC2CN1C(=O)C(C(C)(C)C)NC(=O)OC1CC1CCCCCc1nc3ccc(OC)cc3nc1O2)C(=O)NS(=O)(=O)C1CC1. The summed E-state index contributed by atoms with van der Waals surface area (Å²) < 4.78 is 45.5. The van der Waals surface area contributed by atoms with Crippen molar-refractivity contribution < 1.29 is 41.8 Å². The first-order valence-corrected chi connectivity index (χ1v) is 20.7. The van der Waals surface area contributed by atoms with Gasteiger partial charge in [0.25, 0.3) is 5.91 Å². The van der Waals surface area contributed by atoms with Gasteiger partial charge < -0.3 is 29.7 Å². The highest BCUT2D eigenvalue weighted by molar-refractivity contribution is 7.91. The number of benzene rings is 1. The van der Waals surface area contributed by atoms with Crippen LogP contribution < -0.4 is 24.8 Å². The average Bonchev–Trinajstić information content (AvgIpc) is 4.05. The normalized spacial score (nSPS) is 29.9. The smallest absolute Gasteiger partial charge is 0.408 e. The molecule has 1 aromatic carbocycles. The second-order valence-corrected chi connectivity index (χ2v) is 18.4. The standard InChI is InChI=1S/C39H50N6O9S/c1-6-23-16-17-39(23,36(48)44-55(50,51)26-13-14-26)43-33(46)30-20-25-21-45(30)35(47)32(38(2,3)4)42-37(49)54-31-18-22(31)10-8-7-9-11-28-34(53-25)41-29-19-24(52-5)12-15-27(29)40-28/h6,12,15-17,19,22-23,25-26,30-32H,1,7-11,13-14,18,20-21H2,2-5H3,(H,42,49)(H,43,46)(H,44,48). The summed E-state index contributed by atoms with van der Waals surface area (Å²) in [6.45, 7) is 9.15. The van der Waals surface area contributed by atoms with Crippen molar-refractivity contribution >= 4 is 44.9 Å². The summed E-state index contributed by atoms with van der Waals surface area (Å²) in [5, 5.41) is 4.91. The van der Waals surface area contributed by atoms with E-state index in [9.17, 15) is 27.6 Å². The van der Waals surface area contributed by atoms with Crippen molar-refractivity contribution in [2.75, 3.05) is 13.7 Å². The highest BCUT2D eigenvalue weighted by Gasteiger charge is 2.54. The molecule has 7 unspecified atom stereocenters. The fraction of sp³-hybridized carbons (Fsp3) is 0.590. The fourth-order valence-corrected chi connectivity index (χ4v) is 9.01. The van der Waals surface area contributed by atoms with Gasteiger partial charge in [0, 0.05) is 18.4 Å². The van der Waals surface area contributed by atoms with Gasteiger partial charge >= 0.3 is 6.09 Å². The van der Waals surface area contributed by atoms with Gasteiger partial charge in [-0.1, -0.05) is 51.8 Å². The van der Waals surface area contributed by atoms with Crippen molar-refractivity contribution in [1.82, 2.24) is 30.2 Å². The second-order valence-electron chi connectivity index (χ2n) is 16.4. The molecule has 2 aliphatic heterocycles. The van der Waals surface area contributed by atoms with E-state index in [1.54, 1.807) is 40.0 Å². The minimum atomic E-state index is -3.95. The summed E-state index contributed by atoms with van der Waals surface area (Å²) in [6.07, 6.45) is 8.67. The van der Waals surface area contributed by atoms with Crippen LogP contribution in [-0.4, -0.2) is 95.8 Å². The van der Waals surface area contributed by atoms with Crippen LogP contribution >= 0.6 is 0 Å². The van der Waals surface area contributed by atoms with Crippen molar-refractivity contribution in [3.8, 4) is 11.6 Å². The van der Waals surface area contributed by atoms with Gasteiger partial charge in [-0.05, 0) is 62.0 Å². The maximum absolute atomic E-state index is 14.6. The molecule has 7 atom stereocenters. The molecule has 2 bridgehead atoms. The van der Waals surface area contributed by atoms with Crippen LogP contribution in [0.5, 0.6) is 11.6 Å². The third kappa shape index (κ3) is 8.01. The van der Waals surface area contributed by atoms with E-state index in [2.05, 4.69) is 21.9 Å². The van der Waals surface area contributed by atoms with E-state index in [-0.39, 0.29) is 30.9 Å². The Hall–Kier alpha value is -4.73. The Kier molecular flexibility index (Phi) is 10.3. The Labute approximate surface area is 321 Å². The number of aromatic nitrogens is 2. The Balaban J connectivity index is 1.23. The van der Waals surface area contributed by atoms with Crippen LogP contribution in [0.25, 0.3) is 11.0 Å². The summed E-state index contributed by atoms with van der Waals surface area (Å²) >= 11 is 0. The maximum atomic E-state index is 14.6. The van der Waals surface area contributed by atoms with Gasteiger partial charge in [0.1, 0.15) is 41.3 Å². The molecule has 3 heterocycles. The number of amides is 4. The van der Waals surface area contributed by atoms with Crippen molar-refractivity contribution in [2.45, 2.75) is 114 Å². The molecule has 2 aromatic rings. The summed E-state index contributed by atoms with van der Waals surface area (Å²) in [6, 6.07) is 3.13. The van der Waals surface area contributed by atoms with E-state index >= 15 is 0 Å². The largest absolute Gasteiger partial charge is 0.497 e. The number of nitrogens with zero attached hydrogens (tertiary/aromatic N) is 3. The molecule has 1 aromatic heterocycles. The van der Waals surface area contributed by atoms with Crippen LogP contribution in [0.2, 0.25) is 0 Å². The molecular formula is C39H50N6O9S. The van der Waals surface area contributed by atoms with Crippen LogP contribution in [0.3, 0.4) is 0 Å². The predicted molar refractivity (Wildman–Crippen MR) is 201 cm³/mol. The van der Waals surface area contributed by atoms with Crippen LogP contribution in [-0.2, 0) is 35.6 Å². The first kappa shape index (κ1) is 38.5. The first-order valence-electron chi connectivity index (χ1n) is 19.1. The van der Waals surface area contributed by atoms with Gasteiger partial charge in [0.2, 0.25) is 27.7 Å². The minimum Gasteiger partial charge on any atom is -0.497 e. The zero-order valence-corrected chi connectivity index (χ0v) is 32.5. The molecule has 3 fully saturated rings. The van der Waals surface area contributed by atoms with Crippen molar-refractivity contribution in [2.24, 2.45) is 17.3 Å². The lowest BCUT2D eigenvalue weighted by atomic mass is 9.73. The predicted octanol–water partition coefficient (Wildman–Crippen LogP) is 3.47. The molecule has 0 spiro atoms. The maximum Gasteiger partial charge on any atom is 0.408 e. The highest BCUT2D eigenvalue weighted by Crippen LogP contribution is 2.39.